The van der Waals surface area contributed by atoms with Gasteiger partial charge in [0.25, 0.3) is 11.8 Å². The van der Waals surface area contributed by atoms with Gasteiger partial charge in [-0.05, 0) is 49.9 Å². The molecule has 24 heavy (non-hydrogen) atoms. The highest BCUT2D eigenvalue weighted by molar-refractivity contribution is 6.02. The van der Waals surface area contributed by atoms with Gasteiger partial charge in [-0.2, -0.15) is 0 Å². The molecule has 1 aliphatic heterocycles. The summed E-state index contributed by atoms with van der Waals surface area (Å²) in [4.78, 5) is 26.4. The molecule has 6 nitrogen and oxygen atoms in total. The third-order valence-corrected chi connectivity index (χ3v) is 4.31. The molecular weight excluding hydrogens is 306 g/mol. The molecule has 1 fully saturated rings. The van der Waals surface area contributed by atoms with E-state index < -0.39 is 0 Å². The number of aromatic nitrogens is 1. The molecule has 0 radical (unpaired) electrons. The average molecular weight is 327 g/mol. The van der Waals surface area contributed by atoms with Crippen LogP contribution in [0.3, 0.4) is 0 Å². The number of aryl methyl sites for hydroxylation is 1. The molecule has 126 valence electrons. The summed E-state index contributed by atoms with van der Waals surface area (Å²) in [7, 11) is 0. The minimum absolute atomic E-state index is 0.0469. The van der Waals surface area contributed by atoms with Crippen molar-refractivity contribution in [2.24, 2.45) is 5.92 Å². The number of nitrogens with zero attached hydrogens (tertiary/aromatic N) is 2. The number of hydrogen-bond donors (Lipinski definition) is 1. The predicted molar refractivity (Wildman–Crippen MR) is 89.9 cm³/mol. The van der Waals surface area contributed by atoms with Crippen LogP contribution in [0.1, 0.15) is 46.4 Å². The Hall–Kier alpha value is -2.63. The van der Waals surface area contributed by atoms with Crippen LogP contribution in [0.2, 0.25) is 0 Å². The van der Waals surface area contributed by atoms with Gasteiger partial charge < -0.3 is 14.7 Å². The van der Waals surface area contributed by atoms with Gasteiger partial charge in [0.05, 0.1) is 5.69 Å². The maximum absolute atomic E-state index is 12.5. The Labute approximate surface area is 140 Å². The molecule has 1 aliphatic rings. The number of likely N-dealkylation sites (tertiary alicyclic amines) is 1. The standard InChI is InChI=1S/C18H21N3O3/c1-12-7-9-21(10-8-12)18(23)14-3-5-15(6-4-14)19-17(22)16-11-13(2)20-24-16/h3-6,11-12H,7-10H2,1-2H3,(H,19,22). The van der Waals surface area contributed by atoms with Crippen molar-refractivity contribution in [2.45, 2.75) is 26.7 Å². The second kappa shape index (κ2) is 6.86. The number of nitrogens with one attached hydrogen (secondary N) is 1. The number of benzene rings is 1. The summed E-state index contributed by atoms with van der Waals surface area (Å²) in [5.41, 5.74) is 1.90. The molecule has 1 saturated heterocycles. The van der Waals surface area contributed by atoms with E-state index in [4.69, 9.17) is 4.52 Å². The number of anilines is 1. The highest BCUT2D eigenvalue weighted by Crippen LogP contribution is 2.19. The van der Waals surface area contributed by atoms with Crippen molar-refractivity contribution >= 4 is 17.5 Å². The van der Waals surface area contributed by atoms with Crippen LogP contribution in [0.5, 0.6) is 0 Å². The van der Waals surface area contributed by atoms with Crippen LogP contribution < -0.4 is 5.32 Å². The molecule has 1 aromatic carbocycles. The molecule has 2 amide bonds. The van der Waals surface area contributed by atoms with E-state index in [-0.39, 0.29) is 17.6 Å². The van der Waals surface area contributed by atoms with Crippen molar-refractivity contribution in [2.75, 3.05) is 18.4 Å². The van der Waals surface area contributed by atoms with Crippen LogP contribution in [0.4, 0.5) is 5.69 Å². The van der Waals surface area contributed by atoms with Gasteiger partial charge in [-0.1, -0.05) is 12.1 Å². The van der Waals surface area contributed by atoms with Crippen LogP contribution in [0.15, 0.2) is 34.9 Å². The zero-order valence-electron chi connectivity index (χ0n) is 13.9. The van der Waals surface area contributed by atoms with E-state index in [1.54, 1.807) is 37.3 Å². The molecule has 0 saturated carbocycles. The first-order chi connectivity index (χ1) is 11.5. The summed E-state index contributed by atoms with van der Waals surface area (Å²) >= 11 is 0. The SMILES string of the molecule is Cc1cc(C(=O)Nc2ccc(C(=O)N3CCC(C)CC3)cc2)on1. The van der Waals surface area contributed by atoms with Crippen molar-refractivity contribution in [3.05, 3.63) is 47.3 Å². The molecule has 1 N–H and O–H groups in total. The summed E-state index contributed by atoms with van der Waals surface area (Å²) in [6.07, 6.45) is 2.10. The number of carbonyl (C=O) groups excluding carboxylic acids is 2. The molecule has 6 heteroatoms. The van der Waals surface area contributed by atoms with E-state index in [0.717, 1.165) is 25.9 Å². The molecule has 2 heterocycles. The van der Waals surface area contributed by atoms with Crippen molar-refractivity contribution < 1.29 is 14.1 Å². The van der Waals surface area contributed by atoms with Crippen molar-refractivity contribution in [1.82, 2.24) is 10.1 Å². The lowest BCUT2D eigenvalue weighted by Gasteiger charge is -2.30. The topological polar surface area (TPSA) is 75.4 Å². The van der Waals surface area contributed by atoms with Gasteiger partial charge in [-0.15, -0.1) is 0 Å². The normalized spacial score (nSPS) is 15.3. The van der Waals surface area contributed by atoms with E-state index in [1.165, 1.54) is 0 Å². The summed E-state index contributed by atoms with van der Waals surface area (Å²) < 4.78 is 4.93. The second-order valence-electron chi connectivity index (χ2n) is 6.34. The largest absolute Gasteiger partial charge is 0.351 e. The number of hydrogen-bond acceptors (Lipinski definition) is 4. The fourth-order valence-electron chi connectivity index (χ4n) is 2.75. The fraction of sp³-hybridized carbons (Fsp3) is 0.389. The molecule has 0 spiro atoms. The Morgan fingerprint density at radius 3 is 2.46 bits per heavy atom. The highest BCUT2D eigenvalue weighted by atomic mass is 16.5. The van der Waals surface area contributed by atoms with E-state index >= 15 is 0 Å². The Balaban J connectivity index is 1.62. The Morgan fingerprint density at radius 2 is 1.88 bits per heavy atom. The van der Waals surface area contributed by atoms with Gasteiger partial charge in [-0.3, -0.25) is 9.59 Å². The van der Waals surface area contributed by atoms with E-state index in [2.05, 4.69) is 17.4 Å². The number of piperidine rings is 1. The van der Waals surface area contributed by atoms with Gasteiger partial charge in [0.2, 0.25) is 5.76 Å². The third kappa shape index (κ3) is 3.64. The zero-order valence-corrected chi connectivity index (χ0v) is 13.9. The Bertz CT molecular complexity index is 728. The van der Waals surface area contributed by atoms with Gasteiger partial charge >= 0.3 is 0 Å². The lowest BCUT2D eigenvalue weighted by Crippen LogP contribution is -2.37. The van der Waals surface area contributed by atoms with Crippen LogP contribution in [-0.2, 0) is 0 Å². The molecular formula is C18H21N3O3. The first-order valence-corrected chi connectivity index (χ1v) is 8.17. The molecule has 3 rings (SSSR count). The van der Waals surface area contributed by atoms with Crippen molar-refractivity contribution in [1.29, 1.82) is 0 Å². The number of carbonyl (C=O) groups is 2. The van der Waals surface area contributed by atoms with E-state index in [0.29, 0.717) is 22.9 Å². The third-order valence-electron chi connectivity index (χ3n) is 4.31. The smallest absolute Gasteiger partial charge is 0.294 e. The van der Waals surface area contributed by atoms with Crippen LogP contribution >= 0.6 is 0 Å². The molecule has 0 aliphatic carbocycles. The number of amides is 2. The van der Waals surface area contributed by atoms with Crippen LogP contribution in [-0.4, -0.2) is 35.0 Å². The first-order valence-electron chi connectivity index (χ1n) is 8.17. The minimum Gasteiger partial charge on any atom is -0.351 e. The maximum Gasteiger partial charge on any atom is 0.294 e. The average Bonchev–Trinajstić information content (AvgIpc) is 3.02. The Morgan fingerprint density at radius 1 is 1.21 bits per heavy atom. The van der Waals surface area contributed by atoms with E-state index in [9.17, 15) is 9.59 Å². The van der Waals surface area contributed by atoms with Gasteiger partial charge in [0.15, 0.2) is 0 Å². The number of rotatable bonds is 3. The summed E-state index contributed by atoms with van der Waals surface area (Å²) in [6.45, 7) is 5.59. The second-order valence-corrected chi connectivity index (χ2v) is 6.34. The van der Waals surface area contributed by atoms with Crippen molar-refractivity contribution in [3.63, 3.8) is 0 Å². The predicted octanol–water partition coefficient (Wildman–Crippen LogP) is 3.11. The van der Waals surface area contributed by atoms with E-state index in [1.807, 2.05) is 4.90 Å². The highest BCUT2D eigenvalue weighted by Gasteiger charge is 2.21. The van der Waals surface area contributed by atoms with Gasteiger partial charge in [0, 0.05) is 30.4 Å². The molecule has 0 bridgehead atoms. The van der Waals surface area contributed by atoms with Crippen LogP contribution in [0.25, 0.3) is 0 Å². The van der Waals surface area contributed by atoms with Crippen molar-refractivity contribution in [3.8, 4) is 0 Å². The maximum atomic E-state index is 12.5. The molecule has 0 unspecified atom stereocenters. The monoisotopic (exact) mass is 327 g/mol. The lowest BCUT2D eigenvalue weighted by atomic mass is 9.98. The molecule has 0 atom stereocenters. The van der Waals surface area contributed by atoms with Gasteiger partial charge in [0.1, 0.15) is 0 Å². The zero-order chi connectivity index (χ0) is 17.1. The summed E-state index contributed by atoms with van der Waals surface area (Å²) in [5.74, 6) is 0.534. The quantitative estimate of drug-likeness (QED) is 0.940. The lowest BCUT2D eigenvalue weighted by molar-refractivity contribution is 0.0697. The Kier molecular flexibility index (Phi) is 4.64. The summed E-state index contributed by atoms with van der Waals surface area (Å²) in [5, 5.41) is 6.41. The first kappa shape index (κ1) is 16.2. The minimum atomic E-state index is -0.361. The van der Waals surface area contributed by atoms with Gasteiger partial charge in [-0.25, -0.2) is 0 Å². The molecule has 2 aromatic rings. The van der Waals surface area contributed by atoms with Crippen LogP contribution in [0, 0.1) is 12.8 Å². The summed E-state index contributed by atoms with van der Waals surface area (Å²) in [6, 6.07) is 8.50. The molecule has 1 aromatic heterocycles. The fourth-order valence-corrected chi connectivity index (χ4v) is 2.75.